The van der Waals surface area contributed by atoms with E-state index in [1.54, 1.807) is 24.5 Å². The Kier molecular flexibility index (Phi) is 5.62. The Morgan fingerprint density at radius 3 is 2.22 bits per heavy atom. The van der Waals surface area contributed by atoms with Crippen molar-refractivity contribution in [3.63, 3.8) is 0 Å². The van der Waals surface area contributed by atoms with Gasteiger partial charge in [-0.15, -0.1) is 17.0 Å². The topological polar surface area (TPSA) is 30.0 Å². The summed E-state index contributed by atoms with van der Waals surface area (Å²) in [6.45, 7) is 0. The first-order valence-electron chi connectivity index (χ1n) is 5.02. The van der Waals surface area contributed by atoms with Gasteiger partial charge in [0.15, 0.2) is 5.78 Å². The molecular formula is C13H10Br2FNO. The highest BCUT2D eigenvalue weighted by Crippen LogP contribution is 2.26. The minimum absolute atomic E-state index is 0. The molecule has 1 aromatic carbocycles. The lowest BCUT2D eigenvalue weighted by Crippen LogP contribution is -2.07. The van der Waals surface area contributed by atoms with E-state index in [1.165, 1.54) is 24.3 Å². The summed E-state index contributed by atoms with van der Waals surface area (Å²) in [4.78, 5) is 15.5. The first-order chi connectivity index (χ1) is 8.18. The SMILES string of the molecule is Br.O=C(c1ccc(F)cc1)C(Br)c1ccncc1. The van der Waals surface area contributed by atoms with Crippen molar-refractivity contribution in [3.05, 3.63) is 65.7 Å². The number of rotatable bonds is 3. The van der Waals surface area contributed by atoms with E-state index in [0.717, 1.165) is 5.56 Å². The molecule has 0 saturated heterocycles. The van der Waals surface area contributed by atoms with Crippen LogP contribution in [-0.4, -0.2) is 10.8 Å². The molecule has 0 aliphatic carbocycles. The van der Waals surface area contributed by atoms with E-state index in [0.29, 0.717) is 5.56 Å². The molecule has 0 aliphatic rings. The zero-order chi connectivity index (χ0) is 12.3. The van der Waals surface area contributed by atoms with E-state index in [4.69, 9.17) is 0 Å². The van der Waals surface area contributed by atoms with Gasteiger partial charge in [0.1, 0.15) is 10.6 Å². The van der Waals surface area contributed by atoms with Gasteiger partial charge in [0.2, 0.25) is 0 Å². The third-order valence-corrected chi connectivity index (χ3v) is 3.30. The Labute approximate surface area is 123 Å². The molecule has 1 aromatic heterocycles. The molecule has 94 valence electrons. The van der Waals surface area contributed by atoms with E-state index in [9.17, 15) is 9.18 Å². The highest BCUT2D eigenvalue weighted by molar-refractivity contribution is 9.09. The van der Waals surface area contributed by atoms with Crippen LogP contribution in [0, 0.1) is 5.82 Å². The predicted octanol–water partition coefficient (Wildman–Crippen LogP) is 4.12. The van der Waals surface area contributed by atoms with Crippen LogP contribution in [0.1, 0.15) is 20.7 Å². The Hall–Kier alpha value is -1.07. The number of aromatic nitrogens is 1. The first kappa shape index (κ1) is 15.0. The number of alkyl halides is 1. The minimum atomic E-state index is -0.434. The van der Waals surface area contributed by atoms with Gasteiger partial charge >= 0.3 is 0 Å². The van der Waals surface area contributed by atoms with E-state index in [2.05, 4.69) is 20.9 Å². The zero-order valence-corrected chi connectivity index (χ0v) is 12.5. The molecule has 0 fully saturated rings. The lowest BCUT2D eigenvalue weighted by Gasteiger charge is -2.08. The van der Waals surface area contributed by atoms with Gasteiger partial charge in [0, 0.05) is 18.0 Å². The van der Waals surface area contributed by atoms with Crippen molar-refractivity contribution >= 4 is 38.7 Å². The number of Topliss-reactive ketones (excluding diaryl/α,β-unsaturated/α-hetero) is 1. The monoisotopic (exact) mass is 373 g/mol. The Morgan fingerprint density at radius 1 is 1.11 bits per heavy atom. The molecule has 1 unspecified atom stereocenters. The number of hydrogen-bond donors (Lipinski definition) is 0. The van der Waals surface area contributed by atoms with Crippen LogP contribution in [0.25, 0.3) is 0 Å². The maximum absolute atomic E-state index is 12.7. The number of nitrogens with zero attached hydrogens (tertiary/aromatic N) is 1. The van der Waals surface area contributed by atoms with E-state index in [-0.39, 0.29) is 28.6 Å². The van der Waals surface area contributed by atoms with Crippen LogP contribution >= 0.6 is 32.9 Å². The summed E-state index contributed by atoms with van der Waals surface area (Å²) < 4.78 is 12.7. The highest BCUT2D eigenvalue weighted by atomic mass is 79.9. The Morgan fingerprint density at radius 2 is 1.67 bits per heavy atom. The largest absolute Gasteiger partial charge is 0.293 e. The molecule has 0 radical (unpaired) electrons. The van der Waals surface area contributed by atoms with Crippen LogP contribution in [-0.2, 0) is 0 Å². The number of carbonyl (C=O) groups excluding carboxylic acids is 1. The number of pyridine rings is 1. The maximum atomic E-state index is 12.7. The second-order valence-electron chi connectivity index (χ2n) is 3.51. The standard InChI is InChI=1S/C13H9BrFNO.BrH/c14-12(9-5-7-16-8-6-9)13(17)10-1-3-11(15)4-2-10;/h1-8,12H;1H. The summed E-state index contributed by atoms with van der Waals surface area (Å²) >= 11 is 3.34. The molecule has 0 saturated carbocycles. The summed E-state index contributed by atoms with van der Waals surface area (Å²) in [6, 6.07) is 9.04. The maximum Gasteiger partial charge on any atom is 0.180 e. The van der Waals surface area contributed by atoms with Crippen LogP contribution in [0.5, 0.6) is 0 Å². The second kappa shape index (κ2) is 6.75. The van der Waals surface area contributed by atoms with Gasteiger partial charge in [-0.05, 0) is 42.0 Å². The van der Waals surface area contributed by atoms with Gasteiger partial charge in [-0.2, -0.15) is 0 Å². The van der Waals surface area contributed by atoms with Crippen molar-refractivity contribution in [1.29, 1.82) is 0 Å². The zero-order valence-electron chi connectivity index (χ0n) is 9.22. The Bertz CT molecular complexity index is 516. The molecule has 2 aromatic rings. The van der Waals surface area contributed by atoms with E-state index < -0.39 is 4.83 Å². The molecule has 1 heterocycles. The summed E-state index contributed by atoms with van der Waals surface area (Å²) in [5, 5.41) is 0. The summed E-state index contributed by atoms with van der Waals surface area (Å²) in [7, 11) is 0. The average Bonchev–Trinajstić information content (AvgIpc) is 2.39. The molecule has 0 N–H and O–H groups in total. The number of hydrogen-bond acceptors (Lipinski definition) is 2. The molecule has 18 heavy (non-hydrogen) atoms. The lowest BCUT2D eigenvalue weighted by molar-refractivity contribution is 0.0991. The normalized spacial score (nSPS) is 11.4. The third kappa shape index (κ3) is 3.46. The molecule has 5 heteroatoms. The van der Waals surface area contributed by atoms with Gasteiger partial charge in [0.25, 0.3) is 0 Å². The summed E-state index contributed by atoms with van der Waals surface area (Å²) in [5.41, 5.74) is 1.31. The fourth-order valence-corrected chi connectivity index (χ4v) is 2.01. The number of halogens is 3. The number of carbonyl (C=O) groups is 1. The average molecular weight is 375 g/mol. The van der Waals surface area contributed by atoms with Gasteiger partial charge in [-0.1, -0.05) is 15.9 Å². The van der Waals surface area contributed by atoms with Crippen LogP contribution in [0.4, 0.5) is 4.39 Å². The third-order valence-electron chi connectivity index (χ3n) is 2.36. The van der Waals surface area contributed by atoms with Gasteiger partial charge in [0.05, 0.1) is 0 Å². The summed E-state index contributed by atoms with van der Waals surface area (Å²) in [6.07, 6.45) is 3.25. The molecule has 0 bridgehead atoms. The quantitative estimate of drug-likeness (QED) is 0.597. The molecular weight excluding hydrogens is 365 g/mol. The molecule has 0 aliphatic heterocycles. The van der Waals surface area contributed by atoms with Crippen molar-refractivity contribution in [2.45, 2.75) is 4.83 Å². The fourth-order valence-electron chi connectivity index (χ4n) is 1.44. The van der Waals surface area contributed by atoms with Crippen LogP contribution in [0.2, 0.25) is 0 Å². The molecule has 0 spiro atoms. The van der Waals surface area contributed by atoms with Crippen LogP contribution in [0.15, 0.2) is 48.8 Å². The molecule has 1 atom stereocenters. The molecule has 2 nitrogen and oxygen atoms in total. The van der Waals surface area contributed by atoms with Gasteiger partial charge < -0.3 is 0 Å². The van der Waals surface area contributed by atoms with Crippen molar-refractivity contribution in [1.82, 2.24) is 4.98 Å². The predicted molar refractivity (Wildman–Crippen MR) is 77.0 cm³/mol. The van der Waals surface area contributed by atoms with Crippen molar-refractivity contribution in [3.8, 4) is 0 Å². The lowest BCUT2D eigenvalue weighted by atomic mass is 10.0. The smallest absolute Gasteiger partial charge is 0.180 e. The molecule has 0 amide bonds. The van der Waals surface area contributed by atoms with Gasteiger partial charge in [-0.25, -0.2) is 4.39 Å². The Balaban J connectivity index is 0.00000162. The second-order valence-corrected chi connectivity index (χ2v) is 4.43. The van der Waals surface area contributed by atoms with Crippen molar-refractivity contribution < 1.29 is 9.18 Å². The van der Waals surface area contributed by atoms with Crippen LogP contribution in [0.3, 0.4) is 0 Å². The summed E-state index contributed by atoms with van der Waals surface area (Å²) in [5.74, 6) is -0.451. The van der Waals surface area contributed by atoms with Crippen LogP contribution < -0.4 is 0 Å². The van der Waals surface area contributed by atoms with Gasteiger partial charge in [-0.3, -0.25) is 9.78 Å². The first-order valence-corrected chi connectivity index (χ1v) is 5.94. The van der Waals surface area contributed by atoms with Crippen molar-refractivity contribution in [2.75, 3.05) is 0 Å². The molecule has 2 rings (SSSR count). The minimum Gasteiger partial charge on any atom is -0.293 e. The van der Waals surface area contributed by atoms with E-state index in [1.807, 2.05) is 0 Å². The number of benzene rings is 1. The number of ketones is 1. The fraction of sp³-hybridized carbons (Fsp3) is 0.0769. The van der Waals surface area contributed by atoms with E-state index >= 15 is 0 Å². The van der Waals surface area contributed by atoms with Crippen molar-refractivity contribution in [2.24, 2.45) is 0 Å². The highest BCUT2D eigenvalue weighted by Gasteiger charge is 2.18.